The minimum absolute atomic E-state index is 0.0241. The molecule has 5 N–H and O–H groups in total. The van der Waals surface area contributed by atoms with Gasteiger partial charge >= 0.3 is 0 Å². The van der Waals surface area contributed by atoms with Crippen LogP contribution in [0.3, 0.4) is 0 Å². The van der Waals surface area contributed by atoms with Crippen molar-refractivity contribution in [1.82, 2.24) is 14.7 Å². The first-order valence-corrected chi connectivity index (χ1v) is 11.5. The third kappa shape index (κ3) is 5.40. The van der Waals surface area contributed by atoms with Crippen LogP contribution in [0.1, 0.15) is 65.0 Å². The van der Waals surface area contributed by atoms with Gasteiger partial charge in [-0.1, -0.05) is 19.1 Å². The molecule has 0 fully saturated rings. The first kappa shape index (κ1) is 24.8. The van der Waals surface area contributed by atoms with Crippen LogP contribution in [0.5, 0.6) is 0 Å². The summed E-state index contributed by atoms with van der Waals surface area (Å²) in [6, 6.07) is 9.66. The van der Waals surface area contributed by atoms with E-state index in [1.165, 1.54) is 4.90 Å². The lowest BCUT2D eigenvalue weighted by atomic mass is 10.0. The van der Waals surface area contributed by atoms with Crippen LogP contribution in [-0.4, -0.2) is 32.6 Å². The van der Waals surface area contributed by atoms with Crippen LogP contribution in [0.2, 0.25) is 0 Å². The number of nitrogens with one attached hydrogen (secondary N) is 1. The van der Waals surface area contributed by atoms with Crippen molar-refractivity contribution >= 4 is 40.6 Å². The monoisotopic (exact) mass is 480 g/mol. The normalized spacial score (nSPS) is 12.1. The van der Waals surface area contributed by atoms with Crippen LogP contribution in [0, 0.1) is 0 Å². The maximum absolute atomic E-state index is 13.9. The molecule has 3 rings (SSSR count). The van der Waals surface area contributed by atoms with Crippen LogP contribution in [0.4, 0.5) is 11.4 Å². The largest absolute Gasteiger partial charge is 0.395 e. The van der Waals surface area contributed by atoms with Crippen LogP contribution in [-0.2, 0) is 11.2 Å². The predicted octanol–water partition coefficient (Wildman–Crippen LogP) is 3.08. The van der Waals surface area contributed by atoms with Gasteiger partial charge in [-0.05, 0) is 74.1 Å². The van der Waals surface area contributed by atoms with Crippen molar-refractivity contribution in [3.8, 4) is 0 Å². The molecule has 34 heavy (non-hydrogen) atoms. The fourth-order valence-corrected chi connectivity index (χ4v) is 4.16. The summed E-state index contributed by atoms with van der Waals surface area (Å²) in [6.45, 7) is 7.60. The van der Waals surface area contributed by atoms with Gasteiger partial charge in [-0.3, -0.25) is 24.3 Å². The highest BCUT2D eigenvalue weighted by atomic mass is 32.1. The molecular weight excluding hydrogens is 452 g/mol. The van der Waals surface area contributed by atoms with Crippen molar-refractivity contribution in [2.45, 2.75) is 45.7 Å². The number of nitrogens with zero attached hydrogens (tertiary/aromatic N) is 3. The Labute approximate surface area is 202 Å². The molecule has 3 aromatic rings. The highest BCUT2D eigenvalue weighted by Crippen LogP contribution is 2.33. The zero-order valence-electron chi connectivity index (χ0n) is 19.5. The molecule has 0 saturated heterocycles. The fourth-order valence-electron chi connectivity index (χ4n) is 3.42. The number of amides is 3. The molecule has 0 aliphatic heterocycles. The number of carbonyl (C=O) groups excluding carboxylic acids is 3. The zero-order valence-corrected chi connectivity index (χ0v) is 20.3. The van der Waals surface area contributed by atoms with Gasteiger partial charge in [-0.25, -0.2) is 0 Å². The Morgan fingerprint density at radius 3 is 2.21 bits per heavy atom. The lowest BCUT2D eigenvalue weighted by Gasteiger charge is -2.33. The average Bonchev–Trinajstić information content (AvgIpc) is 3.18. The number of hydrogen-bond donors (Lipinski definition) is 3. The van der Waals surface area contributed by atoms with Crippen molar-refractivity contribution in [3.63, 3.8) is 0 Å². The Morgan fingerprint density at radius 1 is 1.09 bits per heavy atom. The molecule has 9 nitrogen and oxygen atoms in total. The van der Waals surface area contributed by atoms with E-state index in [-0.39, 0.29) is 22.2 Å². The van der Waals surface area contributed by atoms with Gasteiger partial charge in [-0.2, -0.15) is 4.37 Å². The molecule has 2 heterocycles. The number of nitrogens with two attached hydrogens (primary N) is 2. The molecule has 10 heteroatoms. The average molecular weight is 481 g/mol. The second-order valence-corrected chi connectivity index (χ2v) is 9.53. The summed E-state index contributed by atoms with van der Waals surface area (Å²) >= 11 is 0.770. The van der Waals surface area contributed by atoms with Crippen LogP contribution in [0.25, 0.3) is 0 Å². The number of aryl methyl sites for hydroxylation is 1. The number of benzene rings is 1. The first-order valence-electron chi connectivity index (χ1n) is 10.7. The summed E-state index contributed by atoms with van der Waals surface area (Å²) in [5.41, 5.74) is 12.7. The van der Waals surface area contributed by atoms with Gasteiger partial charge in [0.05, 0.1) is 5.69 Å². The SMILES string of the molecule is CCc1ccc(N(C(=O)c2snc(C(N)=O)c2N)[C@H](C(=O)NC(C)(C)C)c2ccncc2)cc1. The Balaban J connectivity index is 2.21. The minimum atomic E-state index is -1.04. The number of carbonyl (C=O) groups is 3. The van der Waals surface area contributed by atoms with Crippen LogP contribution >= 0.6 is 11.5 Å². The lowest BCUT2D eigenvalue weighted by molar-refractivity contribution is -0.123. The van der Waals surface area contributed by atoms with Gasteiger partial charge in [0.25, 0.3) is 11.8 Å². The van der Waals surface area contributed by atoms with Gasteiger partial charge in [-0.15, -0.1) is 0 Å². The number of primary amides is 1. The van der Waals surface area contributed by atoms with E-state index < -0.39 is 23.4 Å². The molecular formula is C24H28N6O3S. The van der Waals surface area contributed by atoms with Gasteiger partial charge in [0.1, 0.15) is 10.9 Å². The quantitative estimate of drug-likeness (QED) is 0.474. The van der Waals surface area contributed by atoms with E-state index >= 15 is 0 Å². The zero-order chi connectivity index (χ0) is 25.0. The summed E-state index contributed by atoms with van der Waals surface area (Å²) in [4.78, 5) is 44.6. The standard InChI is InChI=1S/C24H28N6O3S/c1-5-14-6-8-16(9-7-14)30(23(33)20-17(25)18(21(26)31)29-34-20)19(15-10-12-27-13-11-15)22(32)28-24(2,3)4/h6-13,19H,5,25H2,1-4H3,(H2,26,31)(H,28,32)/t19-/m0/s1. The smallest absolute Gasteiger partial charge is 0.273 e. The van der Waals surface area contributed by atoms with Crippen molar-refractivity contribution in [2.75, 3.05) is 10.6 Å². The third-order valence-corrected chi connectivity index (χ3v) is 5.87. The third-order valence-electron chi connectivity index (χ3n) is 5.02. The van der Waals surface area contributed by atoms with E-state index in [0.717, 1.165) is 23.5 Å². The van der Waals surface area contributed by atoms with E-state index in [4.69, 9.17) is 11.5 Å². The topological polar surface area (TPSA) is 144 Å². The first-order chi connectivity index (χ1) is 16.0. The Bertz CT molecular complexity index is 1190. The van der Waals surface area contributed by atoms with Gasteiger partial charge in [0, 0.05) is 23.6 Å². The van der Waals surface area contributed by atoms with Crippen molar-refractivity contribution in [2.24, 2.45) is 5.73 Å². The molecule has 0 saturated carbocycles. The number of rotatable bonds is 7. The van der Waals surface area contributed by atoms with Crippen LogP contribution in [0.15, 0.2) is 48.8 Å². The molecule has 0 radical (unpaired) electrons. The summed E-state index contributed by atoms with van der Waals surface area (Å²) in [5.74, 6) is -1.79. The molecule has 0 spiro atoms. The van der Waals surface area contributed by atoms with E-state index in [0.29, 0.717) is 11.3 Å². The number of hydrogen-bond acceptors (Lipinski definition) is 7. The molecule has 0 aliphatic carbocycles. The summed E-state index contributed by atoms with van der Waals surface area (Å²) in [6.07, 6.45) is 3.93. The molecule has 1 aromatic carbocycles. The summed E-state index contributed by atoms with van der Waals surface area (Å²) in [5, 5.41) is 2.96. The van der Waals surface area contributed by atoms with E-state index in [1.54, 1.807) is 36.7 Å². The van der Waals surface area contributed by atoms with Crippen molar-refractivity contribution in [3.05, 3.63) is 70.5 Å². The minimum Gasteiger partial charge on any atom is -0.395 e. The second kappa shape index (κ2) is 10.0. The number of aromatic nitrogens is 2. The van der Waals surface area contributed by atoms with E-state index in [9.17, 15) is 14.4 Å². The highest BCUT2D eigenvalue weighted by Gasteiger charge is 2.37. The molecule has 2 aromatic heterocycles. The van der Waals surface area contributed by atoms with Crippen molar-refractivity contribution < 1.29 is 14.4 Å². The van der Waals surface area contributed by atoms with Gasteiger partial charge < -0.3 is 16.8 Å². The molecule has 0 unspecified atom stereocenters. The number of pyridine rings is 1. The maximum atomic E-state index is 13.9. The molecule has 178 valence electrons. The molecule has 1 atom stereocenters. The summed E-state index contributed by atoms with van der Waals surface area (Å²) in [7, 11) is 0. The number of nitrogen functional groups attached to an aromatic ring is 1. The Kier molecular flexibility index (Phi) is 7.31. The Hall–Kier alpha value is -3.79. The fraction of sp³-hybridized carbons (Fsp3) is 0.292. The number of anilines is 2. The predicted molar refractivity (Wildman–Crippen MR) is 133 cm³/mol. The second-order valence-electron chi connectivity index (χ2n) is 8.76. The van der Waals surface area contributed by atoms with Crippen molar-refractivity contribution in [1.29, 1.82) is 0 Å². The lowest BCUT2D eigenvalue weighted by Crippen LogP contribution is -2.49. The van der Waals surface area contributed by atoms with Crippen LogP contribution < -0.4 is 21.7 Å². The molecule has 3 amide bonds. The van der Waals surface area contributed by atoms with Gasteiger partial charge in [0.15, 0.2) is 5.69 Å². The summed E-state index contributed by atoms with van der Waals surface area (Å²) < 4.78 is 3.96. The molecule has 0 aliphatic rings. The highest BCUT2D eigenvalue weighted by molar-refractivity contribution is 7.09. The van der Waals surface area contributed by atoms with E-state index in [2.05, 4.69) is 14.7 Å². The Morgan fingerprint density at radius 2 is 1.71 bits per heavy atom. The molecule has 0 bridgehead atoms. The van der Waals surface area contributed by atoms with E-state index in [1.807, 2.05) is 39.8 Å². The van der Waals surface area contributed by atoms with Gasteiger partial charge in [0.2, 0.25) is 5.91 Å². The maximum Gasteiger partial charge on any atom is 0.273 e.